The monoisotopic (exact) mass is 448 g/mol. The highest BCUT2D eigenvalue weighted by molar-refractivity contribution is 7.17. The topological polar surface area (TPSA) is 143 Å². The van der Waals surface area contributed by atoms with E-state index in [0.29, 0.717) is 24.0 Å². The molecule has 3 aromatic rings. The number of amides is 1. The molecule has 0 unspecified atom stereocenters. The zero-order valence-electron chi connectivity index (χ0n) is 16.9. The van der Waals surface area contributed by atoms with Gasteiger partial charge in [0.05, 0.1) is 32.1 Å². The van der Waals surface area contributed by atoms with Crippen LogP contribution in [0.4, 0.5) is 10.8 Å². The third-order valence-corrected chi connectivity index (χ3v) is 5.47. The van der Waals surface area contributed by atoms with E-state index in [1.54, 1.807) is 18.0 Å². The van der Waals surface area contributed by atoms with Crippen LogP contribution in [0.25, 0.3) is 5.13 Å². The summed E-state index contributed by atoms with van der Waals surface area (Å²) in [4.78, 5) is 25.1. The Hall–Kier alpha value is -3.29. The van der Waals surface area contributed by atoms with Crippen LogP contribution in [0.5, 0.6) is 5.75 Å². The smallest absolute Gasteiger partial charge is 0.381 e. The zero-order chi connectivity index (χ0) is 22.0. The van der Waals surface area contributed by atoms with Gasteiger partial charge in [0.25, 0.3) is 5.91 Å². The molecular weight excluding hydrogens is 428 g/mol. The molecule has 12 nitrogen and oxygen atoms in total. The van der Waals surface area contributed by atoms with E-state index in [0.717, 1.165) is 17.0 Å². The van der Waals surface area contributed by atoms with Gasteiger partial charge in [-0.1, -0.05) is 11.3 Å². The van der Waals surface area contributed by atoms with Crippen molar-refractivity contribution in [1.29, 1.82) is 0 Å². The molecular formula is C18H20N6O6S. The summed E-state index contributed by atoms with van der Waals surface area (Å²) in [6.45, 7) is 2.67. The number of carbonyl (C=O) groups excluding carboxylic acids is 1. The van der Waals surface area contributed by atoms with Crippen molar-refractivity contribution in [2.75, 3.05) is 38.1 Å². The van der Waals surface area contributed by atoms with Crippen LogP contribution in [0.1, 0.15) is 16.2 Å². The highest BCUT2D eigenvalue weighted by Crippen LogP contribution is 2.26. The van der Waals surface area contributed by atoms with Gasteiger partial charge in [-0.25, -0.2) is 9.48 Å². The molecule has 0 saturated carbocycles. The fourth-order valence-electron chi connectivity index (χ4n) is 3.08. The second kappa shape index (κ2) is 8.83. The number of aryl methyl sites for hydroxylation is 1. The Morgan fingerprint density at radius 2 is 2.16 bits per heavy atom. The molecule has 0 aromatic carbocycles. The van der Waals surface area contributed by atoms with E-state index in [4.69, 9.17) is 18.6 Å². The summed E-state index contributed by atoms with van der Waals surface area (Å²) in [5.74, 6) is -0.924. The maximum absolute atomic E-state index is 12.7. The summed E-state index contributed by atoms with van der Waals surface area (Å²) >= 11 is 1.13. The summed E-state index contributed by atoms with van der Waals surface area (Å²) in [5, 5.41) is 18.5. The van der Waals surface area contributed by atoms with Gasteiger partial charge in [-0.15, -0.1) is 10.2 Å². The highest BCUT2D eigenvalue weighted by atomic mass is 32.1. The second-order valence-electron chi connectivity index (χ2n) is 6.64. The quantitative estimate of drug-likeness (QED) is 0.539. The van der Waals surface area contributed by atoms with E-state index in [9.17, 15) is 9.59 Å². The van der Waals surface area contributed by atoms with Gasteiger partial charge in [0.1, 0.15) is 6.10 Å². The van der Waals surface area contributed by atoms with Crippen molar-refractivity contribution in [3.63, 3.8) is 0 Å². The van der Waals surface area contributed by atoms with Crippen LogP contribution >= 0.6 is 11.3 Å². The molecule has 1 aliphatic rings. The molecule has 2 N–H and O–H groups in total. The number of rotatable bonds is 7. The molecule has 4 rings (SSSR count). The third-order valence-electron chi connectivity index (χ3n) is 4.66. The summed E-state index contributed by atoms with van der Waals surface area (Å²) in [7, 11) is 2.92. The number of ether oxygens (including phenoxy) is 3. The normalized spacial score (nSPS) is 18.2. The first-order valence-electron chi connectivity index (χ1n) is 9.25. The number of hydrogen-bond donors (Lipinski definition) is 2. The van der Waals surface area contributed by atoms with E-state index in [2.05, 4.69) is 25.9 Å². The number of carbonyl (C=O) groups is 1. The maximum atomic E-state index is 12.7. The Bertz CT molecular complexity index is 1140. The lowest BCUT2D eigenvalue weighted by Crippen LogP contribution is -2.34. The third kappa shape index (κ3) is 4.28. The Kier molecular flexibility index (Phi) is 5.97. The van der Waals surface area contributed by atoms with E-state index in [1.807, 2.05) is 13.0 Å². The molecule has 0 radical (unpaired) electrons. The SMILES string of the molecule is COc1c(N[C@H]2COC[C@@H]2OC)cc(C(=O)Nc2nnc(-n3nccc3C)s2)oc1=O. The largest absolute Gasteiger partial charge is 0.488 e. The van der Waals surface area contributed by atoms with E-state index in [1.165, 1.54) is 13.2 Å². The standard InChI is InChI=1S/C18H20N6O6S/c1-9-4-5-19-24(9)18-23-22-17(31-18)21-15(25)12-6-10(14(28-3)16(26)30-12)20-11-7-29-8-13(11)27-2/h4-6,11,13,20H,7-8H2,1-3H3,(H,21,22,25)/t11-,13-/m0/s1. The van der Waals surface area contributed by atoms with Crippen LogP contribution in [-0.4, -0.2) is 65.5 Å². The molecule has 1 aliphatic heterocycles. The van der Waals surface area contributed by atoms with Crippen LogP contribution in [-0.2, 0) is 9.47 Å². The van der Waals surface area contributed by atoms with Gasteiger partial charge in [-0.05, 0) is 13.0 Å². The van der Waals surface area contributed by atoms with Crippen molar-refractivity contribution in [3.05, 3.63) is 40.2 Å². The molecule has 2 atom stereocenters. The lowest BCUT2D eigenvalue weighted by atomic mass is 10.2. The second-order valence-corrected chi connectivity index (χ2v) is 7.59. The summed E-state index contributed by atoms with van der Waals surface area (Å²) in [5.41, 5.74) is 0.373. The molecule has 4 heterocycles. The Morgan fingerprint density at radius 1 is 1.32 bits per heavy atom. The number of nitrogens with one attached hydrogen (secondary N) is 2. The number of hydrogen-bond acceptors (Lipinski definition) is 11. The van der Waals surface area contributed by atoms with Crippen LogP contribution in [0.3, 0.4) is 0 Å². The minimum absolute atomic E-state index is 0.0503. The maximum Gasteiger partial charge on any atom is 0.381 e. The summed E-state index contributed by atoms with van der Waals surface area (Å²) < 4.78 is 22.7. The minimum Gasteiger partial charge on any atom is -0.488 e. The molecule has 1 amide bonds. The molecule has 164 valence electrons. The zero-order valence-corrected chi connectivity index (χ0v) is 17.8. The van der Waals surface area contributed by atoms with Gasteiger partial charge >= 0.3 is 5.63 Å². The number of anilines is 2. The predicted molar refractivity (Wildman–Crippen MR) is 110 cm³/mol. The Balaban J connectivity index is 1.55. The number of aromatic nitrogens is 4. The van der Waals surface area contributed by atoms with Crippen molar-refractivity contribution in [1.82, 2.24) is 20.0 Å². The van der Waals surface area contributed by atoms with Crippen molar-refractivity contribution >= 4 is 28.1 Å². The molecule has 0 aliphatic carbocycles. The molecule has 13 heteroatoms. The predicted octanol–water partition coefficient (Wildman–Crippen LogP) is 1.07. The molecule has 1 fully saturated rings. The first kappa shape index (κ1) is 21.0. The van der Waals surface area contributed by atoms with Crippen LogP contribution < -0.4 is 21.0 Å². The average molecular weight is 448 g/mol. The molecule has 1 saturated heterocycles. The van der Waals surface area contributed by atoms with Crippen LogP contribution in [0.15, 0.2) is 27.5 Å². The van der Waals surface area contributed by atoms with E-state index < -0.39 is 11.5 Å². The van der Waals surface area contributed by atoms with Gasteiger partial charge in [-0.2, -0.15) is 5.10 Å². The fourth-order valence-corrected chi connectivity index (χ4v) is 3.83. The number of nitrogens with zero attached hydrogens (tertiary/aromatic N) is 4. The van der Waals surface area contributed by atoms with Gasteiger partial charge in [0.15, 0.2) is 5.76 Å². The lowest BCUT2D eigenvalue weighted by molar-refractivity contribution is 0.0795. The summed E-state index contributed by atoms with van der Waals surface area (Å²) in [6.07, 6.45) is 1.43. The highest BCUT2D eigenvalue weighted by Gasteiger charge is 2.30. The van der Waals surface area contributed by atoms with Gasteiger partial charge in [0.2, 0.25) is 16.0 Å². The lowest BCUT2D eigenvalue weighted by Gasteiger charge is -2.20. The van der Waals surface area contributed by atoms with Crippen LogP contribution in [0.2, 0.25) is 0 Å². The first-order valence-corrected chi connectivity index (χ1v) is 10.1. The Morgan fingerprint density at radius 3 is 2.87 bits per heavy atom. The van der Waals surface area contributed by atoms with Crippen molar-refractivity contribution in [2.45, 2.75) is 19.1 Å². The minimum atomic E-state index is -0.796. The van der Waals surface area contributed by atoms with Gasteiger partial charge in [0, 0.05) is 25.1 Å². The average Bonchev–Trinajstić information content (AvgIpc) is 3.49. The molecule has 3 aromatic heterocycles. The molecule has 31 heavy (non-hydrogen) atoms. The number of methoxy groups -OCH3 is 2. The van der Waals surface area contributed by atoms with Gasteiger partial charge in [-0.3, -0.25) is 10.1 Å². The van der Waals surface area contributed by atoms with Gasteiger partial charge < -0.3 is 23.9 Å². The Labute approximate surface area is 180 Å². The fraction of sp³-hybridized carbons (Fsp3) is 0.389. The van der Waals surface area contributed by atoms with Crippen molar-refractivity contribution in [2.24, 2.45) is 0 Å². The van der Waals surface area contributed by atoms with E-state index >= 15 is 0 Å². The molecule has 0 spiro atoms. The van der Waals surface area contributed by atoms with Crippen molar-refractivity contribution in [3.8, 4) is 10.9 Å². The summed E-state index contributed by atoms with van der Waals surface area (Å²) in [6, 6.07) is 2.99. The van der Waals surface area contributed by atoms with Crippen molar-refractivity contribution < 1.29 is 23.4 Å². The van der Waals surface area contributed by atoms with Crippen LogP contribution in [0, 0.1) is 6.92 Å². The van der Waals surface area contributed by atoms with E-state index in [-0.39, 0.29) is 28.8 Å². The molecule has 0 bridgehead atoms. The first-order chi connectivity index (χ1) is 15.0.